The van der Waals surface area contributed by atoms with Gasteiger partial charge in [0.25, 0.3) is 0 Å². The second-order valence-corrected chi connectivity index (χ2v) is 3.90. The first-order valence-electron chi connectivity index (χ1n) is 3.06. The largest absolute Gasteiger partial charge is 0.0942 e. The van der Waals surface area contributed by atoms with Crippen LogP contribution in [0.15, 0.2) is 12.2 Å². The summed E-state index contributed by atoms with van der Waals surface area (Å²) in [6, 6.07) is 0. The van der Waals surface area contributed by atoms with Gasteiger partial charge in [-0.15, -0.1) is 0 Å². The first-order chi connectivity index (χ1) is 3.85. The molecule has 0 aliphatic heterocycles. The Balaban J connectivity index is 4.23. The lowest BCUT2D eigenvalue weighted by atomic mass is 9.86. The van der Waals surface area contributed by atoms with Crippen molar-refractivity contribution in [1.82, 2.24) is 0 Å². The topological polar surface area (TPSA) is 0 Å². The van der Waals surface area contributed by atoms with Crippen LogP contribution in [0.3, 0.4) is 0 Å². The van der Waals surface area contributed by atoms with Gasteiger partial charge >= 0.3 is 0 Å². The Bertz CT molecular complexity index is 137. The van der Waals surface area contributed by atoms with E-state index < -0.39 is 0 Å². The van der Waals surface area contributed by atoms with Crippen molar-refractivity contribution in [1.29, 1.82) is 0 Å². The van der Waals surface area contributed by atoms with E-state index in [2.05, 4.69) is 27.4 Å². The Morgan fingerprint density at radius 1 is 1.33 bits per heavy atom. The molecule has 0 atom stereocenters. The highest BCUT2D eigenvalue weighted by molar-refractivity contribution is 7.80. The molecule has 9 heavy (non-hydrogen) atoms. The van der Waals surface area contributed by atoms with E-state index in [9.17, 15) is 0 Å². The number of allylic oxidation sites excluding steroid dienone is 1. The predicted octanol–water partition coefficient (Wildman–Crippen LogP) is 2.98. The molecule has 0 nitrogen and oxygen atoms in total. The molecule has 1 heteroatoms. The highest BCUT2D eigenvalue weighted by Crippen LogP contribution is 2.24. The molecule has 0 rings (SSSR count). The van der Waals surface area contributed by atoms with Gasteiger partial charge in [-0.2, -0.15) is 0 Å². The van der Waals surface area contributed by atoms with Crippen LogP contribution in [0.4, 0.5) is 0 Å². The molecule has 0 fully saturated rings. The van der Waals surface area contributed by atoms with Crippen LogP contribution in [0.2, 0.25) is 0 Å². The summed E-state index contributed by atoms with van der Waals surface area (Å²) in [6.45, 7) is 12.2. The van der Waals surface area contributed by atoms with Crippen molar-refractivity contribution in [3.8, 4) is 0 Å². The SMILES string of the molecule is C=C(C(C)=S)C(C)(C)C. The van der Waals surface area contributed by atoms with E-state index in [4.69, 9.17) is 12.2 Å². The summed E-state index contributed by atoms with van der Waals surface area (Å²) in [5, 5.41) is 0. The molecule has 0 unspecified atom stereocenters. The van der Waals surface area contributed by atoms with E-state index in [1.165, 1.54) is 0 Å². The Kier molecular flexibility index (Phi) is 2.56. The Hall–Kier alpha value is -0.170. The molecule has 0 aliphatic rings. The molecule has 0 aliphatic carbocycles. The van der Waals surface area contributed by atoms with Gasteiger partial charge in [-0.25, -0.2) is 0 Å². The normalized spacial score (nSPS) is 11.1. The van der Waals surface area contributed by atoms with E-state index in [0.717, 1.165) is 10.4 Å². The molecule has 0 aromatic rings. The van der Waals surface area contributed by atoms with Crippen LogP contribution < -0.4 is 0 Å². The molecular weight excluding hydrogens is 128 g/mol. The fourth-order valence-corrected chi connectivity index (χ4v) is 0.834. The summed E-state index contributed by atoms with van der Waals surface area (Å²) in [6.07, 6.45) is 0. The third-order valence-electron chi connectivity index (χ3n) is 1.33. The van der Waals surface area contributed by atoms with Gasteiger partial charge < -0.3 is 0 Å². The second-order valence-electron chi connectivity index (χ2n) is 3.28. The van der Waals surface area contributed by atoms with Crippen molar-refractivity contribution in [3.05, 3.63) is 12.2 Å². The smallest absolute Gasteiger partial charge is 0.0152 e. The zero-order chi connectivity index (χ0) is 7.65. The van der Waals surface area contributed by atoms with E-state index in [1.807, 2.05) is 6.92 Å². The quantitative estimate of drug-likeness (QED) is 0.400. The zero-order valence-electron chi connectivity index (χ0n) is 6.62. The molecule has 0 aromatic carbocycles. The molecule has 0 N–H and O–H groups in total. The van der Waals surface area contributed by atoms with Crippen molar-refractivity contribution in [2.24, 2.45) is 5.41 Å². The minimum absolute atomic E-state index is 0.145. The molecule has 0 heterocycles. The van der Waals surface area contributed by atoms with Gasteiger partial charge in [0.1, 0.15) is 0 Å². The first kappa shape index (κ1) is 8.83. The molecule has 0 saturated carbocycles. The van der Waals surface area contributed by atoms with E-state index in [0.29, 0.717) is 0 Å². The number of hydrogen-bond acceptors (Lipinski definition) is 1. The van der Waals surface area contributed by atoms with Crippen LogP contribution in [0.1, 0.15) is 27.7 Å². The van der Waals surface area contributed by atoms with Crippen LogP contribution in [0.5, 0.6) is 0 Å². The van der Waals surface area contributed by atoms with Crippen molar-refractivity contribution >= 4 is 17.1 Å². The summed E-state index contributed by atoms with van der Waals surface area (Å²) in [5.74, 6) is 0. The minimum Gasteiger partial charge on any atom is -0.0942 e. The monoisotopic (exact) mass is 142 g/mol. The van der Waals surface area contributed by atoms with Crippen molar-refractivity contribution in [2.75, 3.05) is 0 Å². The molecule has 0 amide bonds. The maximum absolute atomic E-state index is 4.97. The van der Waals surface area contributed by atoms with Crippen LogP contribution >= 0.6 is 12.2 Å². The minimum atomic E-state index is 0.145. The first-order valence-corrected chi connectivity index (χ1v) is 3.47. The average molecular weight is 142 g/mol. The second kappa shape index (κ2) is 2.61. The summed E-state index contributed by atoms with van der Waals surface area (Å²) in [7, 11) is 0. The van der Waals surface area contributed by atoms with Crippen molar-refractivity contribution in [2.45, 2.75) is 27.7 Å². The van der Waals surface area contributed by atoms with Crippen LogP contribution in [-0.2, 0) is 0 Å². The maximum atomic E-state index is 4.97. The van der Waals surface area contributed by atoms with Crippen LogP contribution in [0, 0.1) is 5.41 Å². The lowest BCUT2D eigenvalue weighted by Gasteiger charge is -2.20. The van der Waals surface area contributed by atoms with Gasteiger partial charge in [0.05, 0.1) is 0 Å². The van der Waals surface area contributed by atoms with Gasteiger partial charge in [-0.05, 0) is 17.9 Å². The molecular formula is C8H14S. The van der Waals surface area contributed by atoms with Crippen molar-refractivity contribution < 1.29 is 0 Å². The Morgan fingerprint density at radius 2 is 1.67 bits per heavy atom. The predicted molar refractivity (Wildman–Crippen MR) is 46.9 cm³/mol. The third-order valence-corrected chi connectivity index (χ3v) is 1.58. The average Bonchev–Trinajstić information content (AvgIpc) is 1.62. The molecule has 52 valence electrons. The summed E-state index contributed by atoms with van der Waals surface area (Å²) in [5.41, 5.74) is 1.21. The lowest BCUT2D eigenvalue weighted by molar-refractivity contribution is 0.527. The van der Waals surface area contributed by atoms with Crippen LogP contribution in [-0.4, -0.2) is 4.86 Å². The van der Waals surface area contributed by atoms with Gasteiger partial charge in [-0.3, -0.25) is 0 Å². The fraction of sp³-hybridized carbons (Fsp3) is 0.625. The summed E-state index contributed by atoms with van der Waals surface area (Å²) < 4.78 is 0. The molecule has 0 spiro atoms. The number of hydrogen-bond donors (Lipinski definition) is 0. The zero-order valence-corrected chi connectivity index (χ0v) is 7.43. The lowest BCUT2D eigenvalue weighted by Crippen LogP contribution is -2.12. The van der Waals surface area contributed by atoms with Gasteiger partial charge in [0.2, 0.25) is 0 Å². The Morgan fingerprint density at radius 3 is 1.67 bits per heavy atom. The molecule has 0 bridgehead atoms. The highest BCUT2D eigenvalue weighted by atomic mass is 32.1. The summed E-state index contributed by atoms with van der Waals surface area (Å²) in [4.78, 5) is 0.919. The van der Waals surface area contributed by atoms with E-state index >= 15 is 0 Å². The van der Waals surface area contributed by atoms with E-state index in [1.54, 1.807) is 0 Å². The number of rotatable bonds is 1. The number of thiocarbonyl (C=S) groups is 1. The van der Waals surface area contributed by atoms with Crippen LogP contribution in [0.25, 0.3) is 0 Å². The van der Waals surface area contributed by atoms with Gasteiger partial charge in [0.15, 0.2) is 0 Å². The fourth-order valence-electron chi connectivity index (χ4n) is 0.528. The molecule has 0 aromatic heterocycles. The van der Waals surface area contributed by atoms with E-state index in [-0.39, 0.29) is 5.41 Å². The highest BCUT2D eigenvalue weighted by Gasteiger charge is 2.15. The molecule has 0 radical (unpaired) electrons. The standard InChI is InChI=1S/C8H14S/c1-6(7(2)9)8(3,4)5/h1H2,2-5H3. The Labute approximate surface area is 63.0 Å². The van der Waals surface area contributed by atoms with Gasteiger partial charge in [-0.1, -0.05) is 39.6 Å². The third kappa shape index (κ3) is 2.75. The summed E-state index contributed by atoms with van der Waals surface area (Å²) >= 11 is 4.97. The molecule has 0 saturated heterocycles. The van der Waals surface area contributed by atoms with Gasteiger partial charge in [0, 0.05) is 4.86 Å². The van der Waals surface area contributed by atoms with Crippen molar-refractivity contribution in [3.63, 3.8) is 0 Å². The maximum Gasteiger partial charge on any atom is 0.0152 e.